The molecule has 272 valence electrons. The van der Waals surface area contributed by atoms with Crippen LogP contribution in [0.4, 0.5) is 26.8 Å². The number of halogens is 1. The van der Waals surface area contributed by atoms with Gasteiger partial charge in [0.1, 0.15) is 22.7 Å². The van der Waals surface area contributed by atoms with Crippen LogP contribution in [-0.4, -0.2) is 91.1 Å². The molecule has 1 saturated heterocycles. The second-order valence-corrected chi connectivity index (χ2v) is 12.5. The van der Waals surface area contributed by atoms with E-state index >= 15 is 0 Å². The number of amides is 2. The van der Waals surface area contributed by atoms with E-state index in [4.69, 9.17) is 19.4 Å². The molecular weight excluding hydrogens is 678 g/mol. The van der Waals surface area contributed by atoms with E-state index in [-0.39, 0.29) is 12.5 Å². The summed E-state index contributed by atoms with van der Waals surface area (Å²) in [6.07, 6.45) is 6.33. The molecule has 0 bridgehead atoms. The van der Waals surface area contributed by atoms with Gasteiger partial charge in [0, 0.05) is 76.6 Å². The third kappa shape index (κ3) is 11.1. The Morgan fingerprint density at radius 3 is 2.47 bits per heavy atom. The number of aromatic amines is 1. The highest BCUT2D eigenvalue weighted by atomic mass is 32.1. The number of alkyl carbamates (subject to hydrolysis) is 1. The zero-order valence-corrected chi connectivity index (χ0v) is 30.5. The maximum Gasteiger partial charge on any atom is 0.407 e. The minimum atomic E-state index is -1.04. The van der Waals surface area contributed by atoms with Crippen molar-refractivity contribution in [3.63, 3.8) is 0 Å². The van der Waals surface area contributed by atoms with Gasteiger partial charge in [0.15, 0.2) is 17.5 Å². The molecule has 15 nitrogen and oxygen atoms in total. The van der Waals surface area contributed by atoms with Crippen LogP contribution in [0.3, 0.4) is 0 Å². The van der Waals surface area contributed by atoms with E-state index in [1.165, 1.54) is 18.0 Å². The van der Waals surface area contributed by atoms with E-state index in [1.54, 1.807) is 51.4 Å². The Hall–Kier alpha value is -5.21. The lowest BCUT2D eigenvalue weighted by Gasteiger charge is -2.39. The van der Waals surface area contributed by atoms with Crippen LogP contribution in [0, 0.1) is 24.6 Å². The second kappa shape index (κ2) is 17.6. The van der Waals surface area contributed by atoms with Gasteiger partial charge in [-0.05, 0) is 51.5 Å². The number of aromatic nitrogens is 7. The highest BCUT2D eigenvalue weighted by molar-refractivity contribution is 7.79. The van der Waals surface area contributed by atoms with E-state index in [9.17, 15) is 14.0 Å². The van der Waals surface area contributed by atoms with Crippen molar-refractivity contribution >= 4 is 42.2 Å². The molecule has 0 aliphatic carbocycles. The van der Waals surface area contributed by atoms with E-state index < -0.39 is 23.1 Å². The van der Waals surface area contributed by atoms with Gasteiger partial charge in [0.25, 0.3) is 5.91 Å². The summed E-state index contributed by atoms with van der Waals surface area (Å²) >= 11 is 3.53. The average Bonchev–Trinajstić information content (AvgIpc) is 3.74. The molecule has 4 N–H and O–H groups in total. The maximum absolute atomic E-state index is 13.4. The topological polar surface area (TPSA) is 177 Å². The first-order chi connectivity index (χ1) is 24.4. The van der Waals surface area contributed by atoms with Gasteiger partial charge in [-0.1, -0.05) is 12.0 Å². The molecule has 4 aromatic rings. The molecule has 0 radical (unpaired) electrons. The smallest absolute Gasteiger partial charge is 0.407 e. The van der Waals surface area contributed by atoms with Gasteiger partial charge in [-0.25, -0.2) is 23.8 Å². The number of ether oxygens (including phenoxy) is 2. The number of aryl methyl sites for hydroxylation is 1. The Bertz CT molecular complexity index is 1820. The Morgan fingerprint density at radius 2 is 1.86 bits per heavy atom. The first-order valence-electron chi connectivity index (χ1n) is 16.2. The average molecular weight is 722 g/mol. The predicted molar refractivity (Wildman–Crippen MR) is 194 cm³/mol. The van der Waals surface area contributed by atoms with Gasteiger partial charge in [0.05, 0.1) is 12.4 Å². The van der Waals surface area contributed by atoms with Crippen LogP contribution < -0.4 is 20.9 Å². The minimum Gasteiger partial charge on any atom is -0.444 e. The third-order valence-corrected chi connectivity index (χ3v) is 7.52. The summed E-state index contributed by atoms with van der Waals surface area (Å²) in [6, 6.07) is 7.08. The molecule has 1 aliphatic rings. The van der Waals surface area contributed by atoms with Crippen LogP contribution in [0.2, 0.25) is 0 Å². The number of nitrogens with zero attached hydrogens (tertiary/aromatic N) is 7. The Morgan fingerprint density at radius 1 is 1.10 bits per heavy atom. The molecule has 0 unspecified atom stereocenters. The lowest BCUT2D eigenvalue weighted by Crippen LogP contribution is -2.55. The fraction of sp³-hybridized carbons (Fsp3) is 0.441. The van der Waals surface area contributed by atoms with Gasteiger partial charge in [-0.15, -0.1) is 0 Å². The molecule has 17 heteroatoms. The SMILES string of the molecule is COC1(C(=O)NCc2ccc(-n3cc(F)cn3)nc2)CCN(c2nc(C#CCCNC(=O)OC(C)(C)C)cc(Nc3cc(C)[nH]n3)n2)CC1.CS. The van der Waals surface area contributed by atoms with Crippen LogP contribution in [0.1, 0.15) is 57.0 Å². The largest absolute Gasteiger partial charge is 0.444 e. The van der Waals surface area contributed by atoms with Crippen LogP contribution in [0.25, 0.3) is 5.82 Å². The molecule has 2 amide bonds. The van der Waals surface area contributed by atoms with Crippen molar-refractivity contribution in [1.82, 2.24) is 45.6 Å². The van der Waals surface area contributed by atoms with Gasteiger partial charge in [0.2, 0.25) is 5.95 Å². The Kier molecular flexibility index (Phi) is 13.3. The van der Waals surface area contributed by atoms with E-state index in [2.05, 4.69) is 60.7 Å². The number of carbonyl (C=O) groups is 2. The number of carbonyl (C=O) groups excluding carboxylic acids is 2. The number of nitrogens with one attached hydrogen (secondary N) is 4. The normalized spacial score (nSPS) is 13.6. The third-order valence-electron chi connectivity index (χ3n) is 7.52. The molecule has 5 heterocycles. The van der Waals surface area contributed by atoms with Crippen LogP contribution in [0.5, 0.6) is 0 Å². The molecule has 5 rings (SSSR count). The number of piperidine rings is 1. The van der Waals surface area contributed by atoms with Gasteiger partial charge in [-0.2, -0.15) is 27.8 Å². The highest BCUT2D eigenvalue weighted by Gasteiger charge is 2.42. The molecule has 0 saturated carbocycles. The standard InChI is InChI=1S/C33H40FN11O4.CH4S/c1-22-16-27(43-42-22)40-26-17-25(8-6-7-13-35-31(47)49-32(2,3)4)39-30(41-26)44-14-11-33(48-5,12-15-44)29(46)37-19-23-9-10-28(36-18-23)45-21-24(34)20-38-45;1-2/h9-10,16-18,20-21H,7,11-15,19H2,1-5H3,(H,35,47)(H,37,46)(H2,39,40,41,42,43);2H,1H3. The number of hydrogen-bond acceptors (Lipinski definition) is 12. The van der Waals surface area contributed by atoms with Crippen molar-refractivity contribution in [2.45, 2.75) is 64.7 Å². The number of methoxy groups -OCH3 is 1. The molecule has 0 atom stereocenters. The molecule has 1 aliphatic heterocycles. The van der Waals surface area contributed by atoms with Gasteiger partial charge < -0.3 is 30.3 Å². The summed E-state index contributed by atoms with van der Waals surface area (Å²) < 4.78 is 25.7. The van der Waals surface area contributed by atoms with Crippen molar-refractivity contribution in [2.75, 3.05) is 43.2 Å². The fourth-order valence-electron chi connectivity index (χ4n) is 5.03. The number of thiol groups is 1. The van der Waals surface area contributed by atoms with Crippen LogP contribution in [0.15, 0.2) is 42.9 Å². The highest BCUT2D eigenvalue weighted by Crippen LogP contribution is 2.29. The molecule has 0 spiro atoms. The summed E-state index contributed by atoms with van der Waals surface area (Å²) in [4.78, 5) is 41.1. The zero-order valence-electron chi connectivity index (χ0n) is 29.6. The summed E-state index contributed by atoms with van der Waals surface area (Å²) in [6.45, 7) is 8.78. The van der Waals surface area contributed by atoms with Crippen LogP contribution in [-0.2, 0) is 20.8 Å². The summed E-state index contributed by atoms with van der Waals surface area (Å²) in [7, 11) is 1.53. The molecule has 4 aromatic heterocycles. The van der Waals surface area contributed by atoms with E-state index in [0.717, 1.165) is 17.5 Å². The second-order valence-electron chi connectivity index (χ2n) is 12.5. The monoisotopic (exact) mass is 721 g/mol. The van der Waals surface area contributed by atoms with Crippen molar-refractivity contribution < 1.29 is 23.5 Å². The first kappa shape index (κ1) is 38.6. The quantitative estimate of drug-likeness (QED) is 0.0906. The fourth-order valence-corrected chi connectivity index (χ4v) is 5.03. The Labute approximate surface area is 301 Å². The van der Waals surface area contributed by atoms with Gasteiger partial charge >= 0.3 is 6.09 Å². The number of H-pyrrole nitrogens is 1. The molecular formula is C34H44FN11O4S. The summed E-state index contributed by atoms with van der Waals surface area (Å²) in [5.74, 6) is 7.44. The van der Waals surface area contributed by atoms with Crippen molar-refractivity contribution in [2.24, 2.45) is 0 Å². The first-order valence-corrected chi connectivity index (χ1v) is 17.1. The molecule has 1 fully saturated rings. The van der Waals surface area contributed by atoms with Crippen LogP contribution >= 0.6 is 12.6 Å². The van der Waals surface area contributed by atoms with Gasteiger partial charge in [-0.3, -0.25) is 9.89 Å². The van der Waals surface area contributed by atoms with E-state index in [0.29, 0.717) is 68.0 Å². The number of anilines is 3. The zero-order chi connectivity index (χ0) is 37.0. The predicted octanol–water partition coefficient (Wildman–Crippen LogP) is 4.09. The minimum absolute atomic E-state index is 0.232. The summed E-state index contributed by atoms with van der Waals surface area (Å²) in [5, 5.41) is 19.9. The number of hydrogen-bond donors (Lipinski definition) is 5. The summed E-state index contributed by atoms with van der Waals surface area (Å²) in [5.41, 5.74) is 0.520. The lowest BCUT2D eigenvalue weighted by atomic mass is 9.90. The maximum atomic E-state index is 13.4. The lowest BCUT2D eigenvalue weighted by molar-refractivity contribution is -0.146. The van der Waals surface area contributed by atoms with Crippen molar-refractivity contribution in [1.29, 1.82) is 0 Å². The van der Waals surface area contributed by atoms with Crippen molar-refractivity contribution in [3.05, 3.63) is 65.6 Å². The van der Waals surface area contributed by atoms with Crippen molar-refractivity contribution in [3.8, 4) is 17.7 Å². The molecule has 0 aromatic carbocycles. The molecule has 51 heavy (non-hydrogen) atoms. The van der Waals surface area contributed by atoms with E-state index in [1.807, 2.05) is 17.9 Å². The number of pyridine rings is 1. The Balaban J connectivity index is 0.00000286. The number of rotatable bonds is 10.